The van der Waals surface area contributed by atoms with E-state index in [0.717, 1.165) is 17.0 Å². The highest BCUT2D eigenvalue weighted by Gasteiger charge is 2.09. The summed E-state index contributed by atoms with van der Waals surface area (Å²) in [6.07, 6.45) is 2.41. The van der Waals surface area contributed by atoms with Crippen molar-refractivity contribution in [3.8, 4) is 0 Å². The van der Waals surface area contributed by atoms with E-state index in [-0.39, 0.29) is 5.91 Å². The molecule has 0 aliphatic heterocycles. The van der Waals surface area contributed by atoms with E-state index in [1.165, 1.54) is 0 Å². The van der Waals surface area contributed by atoms with Crippen LogP contribution in [-0.2, 0) is 6.42 Å². The third-order valence-corrected chi connectivity index (χ3v) is 4.16. The van der Waals surface area contributed by atoms with Gasteiger partial charge < -0.3 is 5.32 Å². The highest BCUT2D eigenvalue weighted by molar-refractivity contribution is 6.31. The number of halogens is 1. The van der Waals surface area contributed by atoms with Gasteiger partial charge in [0.2, 0.25) is 0 Å². The minimum atomic E-state index is -0.225. The Morgan fingerprint density at radius 2 is 1.88 bits per heavy atom. The minimum absolute atomic E-state index is 0.225. The van der Waals surface area contributed by atoms with Crippen LogP contribution in [0.4, 0.5) is 5.69 Å². The van der Waals surface area contributed by atoms with Crippen LogP contribution < -0.4 is 5.32 Å². The zero-order valence-corrected chi connectivity index (χ0v) is 14.5. The van der Waals surface area contributed by atoms with E-state index < -0.39 is 0 Å². The van der Waals surface area contributed by atoms with E-state index in [2.05, 4.69) is 15.4 Å². The number of pyridine rings is 1. The Morgan fingerprint density at radius 3 is 2.69 bits per heavy atom. The fourth-order valence-corrected chi connectivity index (χ4v) is 2.88. The summed E-state index contributed by atoms with van der Waals surface area (Å²) in [7, 11) is 0. The number of hydrogen-bond acceptors (Lipinski definition) is 3. The molecule has 5 nitrogen and oxygen atoms in total. The fourth-order valence-electron chi connectivity index (χ4n) is 2.69. The molecule has 2 aromatic carbocycles. The second kappa shape index (κ2) is 6.98. The van der Waals surface area contributed by atoms with Gasteiger partial charge >= 0.3 is 0 Å². The van der Waals surface area contributed by atoms with Crippen LogP contribution in [0.25, 0.3) is 5.65 Å². The normalized spacial score (nSPS) is 10.8. The Balaban J connectivity index is 1.55. The van der Waals surface area contributed by atoms with Gasteiger partial charge in [-0.3, -0.25) is 4.79 Å². The number of hydrogen-bond donors (Lipinski definition) is 1. The molecule has 0 saturated carbocycles. The monoisotopic (exact) mass is 362 g/mol. The number of nitrogens with zero attached hydrogens (tertiary/aromatic N) is 3. The van der Waals surface area contributed by atoms with Crippen molar-refractivity contribution in [3.05, 3.63) is 94.9 Å². The molecule has 4 aromatic rings. The summed E-state index contributed by atoms with van der Waals surface area (Å²) in [5, 5.41) is 7.87. The van der Waals surface area contributed by atoms with Crippen molar-refractivity contribution in [1.82, 2.24) is 14.6 Å². The van der Waals surface area contributed by atoms with E-state index in [1.54, 1.807) is 41.0 Å². The molecule has 2 heterocycles. The Morgan fingerprint density at radius 1 is 1.04 bits per heavy atom. The SMILES string of the molecule is O=C(Nc1ccc2nc(Cc3ccccc3)nn2c1)c1cccc(Cl)c1. The van der Waals surface area contributed by atoms with Crippen molar-refractivity contribution < 1.29 is 4.79 Å². The second-order valence-electron chi connectivity index (χ2n) is 5.88. The summed E-state index contributed by atoms with van der Waals surface area (Å²) in [5.41, 5.74) is 3.02. The Kier molecular flexibility index (Phi) is 4.37. The summed E-state index contributed by atoms with van der Waals surface area (Å²) in [6, 6.07) is 20.5. The van der Waals surface area contributed by atoms with E-state index in [0.29, 0.717) is 22.7 Å². The summed E-state index contributed by atoms with van der Waals surface area (Å²) in [4.78, 5) is 16.9. The first-order valence-corrected chi connectivity index (χ1v) is 8.51. The first-order chi connectivity index (χ1) is 12.7. The third kappa shape index (κ3) is 3.58. The Hall–Kier alpha value is -3.18. The molecule has 0 unspecified atom stereocenters. The average Bonchev–Trinajstić information content (AvgIpc) is 3.04. The molecule has 6 heteroatoms. The molecule has 4 rings (SSSR count). The summed E-state index contributed by atoms with van der Waals surface area (Å²) in [5.74, 6) is 0.506. The summed E-state index contributed by atoms with van der Waals surface area (Å²) in [6.45, 7) is 0. The number of nitrogens with one attached hydrogen (secondary N) is 1. The molecule has 0 aliphatic carbocycles. The van der Waals surface area contributed by atoms with Crippen LogP contribution in [0.1, 0.15) is 21.7 Å². The number of rotatable bonds is 4. The molecule has 0 aliphatic rings. The van der Waals surface area contributed by atoms with Crippen LogP contribution in [0.3, 0.4) is 0 Å². The number of aromatic nitrogens is 3. The maximum absolute atomic E-state index is 12.3. The van der Waals surface area contributed by atoms with E-state index >= 15 is 0 Å². The summed E-state index contributed by atoms with van der Waals surface area (Å²) < 4.78 is 1.67. The molecule has 1 N–H and O–H groups in total. The van der Waals surface area contributed by atoms with Crippen molar-refractivity contribution in [2.75, 3.05) is 5.32 Å². The number of amides is 1. The Labute approximate surface area is 155 Å². The van der Waals surface area contributed by atoms with Gasteiger partial charge in [0.25, 0.3) is 5.91 Å². The smallest absolute Gasteiger partial charge is 0.255 e. The maximum atomic E-state index is 12.3. The molecule has 0 radical (unpaired) electrons. The first-order valence-electron chi connectivity index (χ1n) is 8.13. The maximum Gasteiger partial charge on any atom is 0.255 e. The van der Waals surface area contributed by atoms with Crippen LogP contribution in [0.5, 0.6) is 0 Å². The predicted octanol–water partition coefficient (Wildman–Crippen LogP) is 4.23. The van der Waals surface area contributed by atoms with Crippen LogP contribution >= 0.6 is 11.6 Å². The number of fused-ring (bicyclic) bond motifs is 1. The van der Waals surface area contributed by atoms with Crippen LogP contribution in [0, 0.1) is 0 Å². The molecular weight excluding hydrogens is 348 g/mol. The lowest BCUT2D eigenvalue weighted by molar-refractivity contribution is 0.102. The van der Waals surface area contributed by atoms with Gasteiger partial charge in [-0.15, -0.1) is 0 Å². The van der Waals surface area contributed by atoms with E-state index in [4.69, 9.17) is 11.6 Å². The number of carbonyl (C=O) groups is 1. The molecule has 128 valence electrons. The zero-order chi connectivity index (χ0) is 17.9. The molecule has 1 amide bonds. The van der Waals surface area contributed by atoms with Crippen LogP contribution in [0.15, 0.2) is 72.9 Å². The number of anilines is 1. The van der Waals surface area contributed by atoms with Gasteiger partial charge in [0.1, 0.15) is 0 Å². The van der Waals surface area contributed by atoms with Gasteiger partial charge in [-0.1, -0.05) is 48.0 Å². The van der Waals surface area contributed by atoms with Crippen LogP contribution in [-0.4, -0.2) is 20.5 Å². The average molecular weight is 363 g/mol. The number of carbonyl (C=O) groups excluding carboxylic acids is 1. The lowest BCUT2D eigenvalue weighted by Gasteiger charge is -2.05. The molecule has 0 saturated heterocycles. The van der Waals surface area contributed by atoms with Gasteiger partial charge in [0.05, 0.1) is 11.9 Å². The fraction of sp³-hybridized carbons (Fsp3) is 0.0500. The van der Waals surface area contributed by atoms with E-state index in [1.807, 2.05) is 36.4 Å². The standard InChI is InChI=1S/C20H15ClN4O/c21-16-8-4-7-15(12-16)20(26)22-17-9-10-19-23-18(24-25(19)13-17)11-14-5-2-1-3-6-14/h1-10,12-13H,11H2,(H,22,26). The second-order valence-corrected chi connectivity index (χ2v) is 6.31. The highest BCUT2D eigenvalue weighted by atomic mass is 35.5. The molecule has 0 fully saturated rings. The Bertz CT molecular complexity index is 1080. The van der Waals surface area contributed by atoms with E-state index in [9.17, 15) is 4.79 Å². The molecular formula is C20H15ClN4O. The topological polar surface area (TPSA) is 59.3 Å². The molecule has 0 bridgehead atoms. The van der Waals surface area contributed by atoms with Gasteiger partial charge in [-0.05, 0) is 35.9 Å². The highest BCUT2D eigenvalue weighted by Crippen LogP contribution is 2.15. The number of benzene rings is 2. The van der Waals surface area contributed by atoms with Gasteiger partial charge in [0.15, 0.2) is 11.5 Å². The molecule has 26 heavy (non-hydrogen) atoms. The van der Waals surface area contributed by atoms with Crippen molar-refractivity contribution in [3.63, 3.8) is 0 Å². The molecule has 2 aromatic heterocycles. The van der Waals surface area contributed by atoms with Crippen molar-refractivity contribution in [1.29, 1.82) is 0 Å². The van der Waals surface area contributed by atoms with Crippen molar-refractivity contribution >= 4 is 28.8 Å². The van der Waals surface area contributed by atoms with Crippen molar-refractivity contribution in [2.45, 2.75) is 6.42 Å². The lowest BCUT2D eigenvalue weighted by atomic mass is 10.1. The minimum Gasteiger partial charge on any atom is -0.321 e. The van der Waals surface area contributed by atoms with Crippen molar-refractivity contribution in [2.24, 2.45) is 0 Å². The molecule has 0 atom stereocenters. The first kappa shape index (κ1) is 16.3. The van der Waals surface area contributed by atoms with Gasteiger partial charge in [-0.25, -0.2) is 9.50 Å². The predicted molar refractivity (Wildman–Crippen MR) is 102 cm³/mol. The van der Waals surface area contributed by atoms with Gasteiger partial charge in [0, 0.05) is 17.0 Å². The molecule has 0 spiro atoms. The van der Waals surface area contributed by atoms with Gasteiger partial charge in [-0.2, -0.15) is 5.10 Å². The lowest BCUT2D eigenvalue weighted by Crippen LogP contribution is -2.12. The summed E-state index contributed by atoms with van der Waals surface area (Å²) >= 11 is 5.94. The van der Waals surface area contributed by atoms with Crippen LogP contribution in [0.2, 0.25) is 5.02 Å². The third-order valence-electron chi connectivity index (χ3n) is 3.92. The quantitative estimate of drug-likeness (QED) is 0.591. The zero-order valence-electron chi connectivity index (χ0n) is 13.8. The largest absolute Gasteiger partial charge is 0.321 e.